The number of benzene rings is 2. The highest BCUT2D eigenvalue weighted by Gasteiger charge is 2.32. The fourth-order valence-corrected chi connectivity index (χ4v) is 4.49. The zero-order chi connectivity index (χ0) is 24.8. The second kappa shape index (κ2) is 11.7. The Morgan fingerprint density at radius 3 is 2.30 bits per heavy atom. The lowest BCUT2D eigenvalue weighted by Crippen LogP contribution is -2.52. The van der Waals surface area contributed by atoms with Gasteiger partial charge < -0.3 is 10.2 Å². The third-order valence-corrected chi connectivity index (χ3v) is 6.70. The van der Waals surface area contributed by atoms with Gasteiger partial charge in [0.2, 0.25) is 21.8 Å². The number of likely N-dealkylation sites (N-methyl/N-ethyl adjacent to an activating group) is 1. The molecular formula is C22H26Cl2FN3O4S. The van der Waals surface area contributed by atoms with Gasteiger partial charge in [0.1, 0.15) is 18.4 Å². The van der Waals surface area contributed by atoms with Crippen LogP contribution in [0.15, 0.2) is 42.5 Å². The number of nitrogens with one attached hydrogen (secondary N) is 1. The predicted molar refractivity (Wildman–Crippen MR) is 128 cm³/mol. The molecule has 0 aromatic heterocycles. The zero-order valence-corrected chi connectivity index (χ0v) is 20.8. The number of hydrogen-bond donors (Lipinski definition) is 1. The molecular weight excluding hydrogens is 492 g/mol. The van der Waals surface area contributed by atoms with E-state index in [1.54, 1.807) is 38.1 Å². The molecule has 2 amide bonds. The Morgan fingerprint density at radius 1 is 1.09 bits per heavy atom. The summed E-state index contributed by atoms with van der Waals surface area (Å²) in [5.74, 6) is -1.71. The van der Waals surface area contributed by atoms with E-state index in [4.69, 9.17) is 23.2 Å². The molecule has 1 N–H and O–H groups in total. The third-order valence-electron chi connectivity index (χ3n) is 4.91. The van der Waals surface area contributed by atoms with Gasteiger partial charge in [0.15, 0.2) is 0 Å². The van der Waals surface area contributed by atoms with Crippen molar-refractivity contribution in [2.24, 2.45) is 0 Å². The number of rotatable bonds is 10. The van der Waals surface area contributed by atoms with E-state index in [-0.39, 0.29) is 23.2 Å². The highest BCUT2D eigenvalue weighted by molar-refractivity contribution is 7.92. The molecule has 0 fully saturated rings. The summed E-state index contributed by atoms with van der Waals surface area (Å²) in [5, 5.41) is 2.83. The SMILES string of the molecule is CCNC(=O)C(CC)N(Cc1ccccc1Cl)C(=O)CN(c1ccc(F)c(Cl)c1)S(C)(=O)=O. The maximum atomic E-state index is 13.6. The number of carbonyl (C=O) groups excluding carboxylic acids is 2. The standard InChI is InChI=1S/C22H26Cl2FN3O4S/c1-4-20(22(30)26-5-2)27(13-15-8-6-7-9-17(15)23)21(29)14-28(33(3,31)32)16-10-11-19(25)18(24)12-16/h6-12,20H,4-5,13-14H2,1-3H3,(H,26,30). The van der Waals surface area contributed by atoms with Crippen LogP contribution >= 0.6 is 23.2 Å². The number of hydrogen-bond acceptors (Lipinski definition) is 4. The van der Waals surface area contributed by atoms with Crippen molar-refractivity contribution in [3.05, 3.63) is 63.9 Å². The van der Waals surface area contributed by atoms with Crippen LogP contribution in [0.3, 0.4) is 0 Å². The van der Waals surface area contributed by atoms with E-state index in [1.807, 2.05) is 0 Å². The van der Waals surface area contributed by atoms with Crippen LogP contribution in [0.2, 0.25) is 10.0 Å². The minimum absolute atomic E-state index is 0.00404. The molecule has 0 spiro atoms. The van der Waals surface area contributed by atoms with E-state index in [1.165, 1.54) is 11.0 Å². The molecule has 0 aliphatic carbocycles. The largest absolute Gasteiger partial charge is 0.355 e. The van der Waals surface area contributed by atoms with E-state index >= 15 is 0 Å². The molecule has 0 radical (unpaired) electrons. The molecule has 1 atom stereocenters. The van der Waals surface area contributed by atoms with Gasteiger partial charge in [-0.3, -0.25) is 13.9 Å². The number of anilines is 1. The van der Waals surface area contributed by atoms with Crippen molar-refractivity contribution in [2.75, 3.05) is 23.7 Å². The topological polar surface area (TPSA) is 86.8 Å². The van der Waals surface area contributed by atoms with Gasteiger partial charge >= 0.3 is 0 Å². The quantitative estimate of drug-likeness (QED) is 0.518. The molecule has 0 saturated carbocycles. The van der Waals surface area contributed by atoms with E-state index in [9.17, 15) is 22.4 Å². The molecule has 180 valence electrons. The average molecular weight is 518 g/mol. The molecule has 1 unspecified atom stereocenters. The minimum atomic E-state index is -3.94. The fraction of sp³-hybridized carbons (Fsp3) is 0.364. The molecule has 2 aromatic rings. The molecule has 11 heteroatoms. The molecule has 0 aliphatic heterocycles. The Hall–Kier alpha value is -2.36. The molecule has 0 heterocycles. The van der Waals surface area contributed by atoms with Crippen molar-refractivity contribution < 1.29 is 22.4 Å². The van der Waals surface area contributed by atoms with Crippen LogP contribution in [0.5, 0.6) is 0 Å². The van der Waals surface area contributed by atoms with Crippen molar-refractivity contribution in [1.29, 1.82) is 0 Å². The van der Waals surface area contributed by atoms with E-state index in [2.05, 4.69) is 5.32 Å². The Balaban J connectivity index is 2.47. The van der Waals surface area contributed by atoms with Crippen LogP contribution in [-0.4, -0.2) is 50.5 Å². The lowest BCUT2D eigenvalue weighted by atomic mass is 10.1. The van der Waals surface area contributed by atoms with Crippen molar-refractivity contribution in [3.63, 3.8) is 0 Å². The van der Waals surface area contributed by atoms with Gasteiger partial charge in [0.25, 0.3) is 0 Å². The number of amides is 2. The molecule has 2 rings (SSSR count). The molecule has 33 heavy (non-hydrogen) atoms. The van der Waals surface area contributed by atoms with E-state index in [0.717, 1.165) is 22.7 Å². The summed E-state index contributed by atoms with van der Waals surface area (Å²) in [5.41, 5.74) is 0.631. The minimum Gasteiger partial charge on any atom is -0.355 e. The van der Waals surface area contributed by atoms with Crippen molar-refractivity contribution >= 4 is 50.7 Å². The summed E-state index contributed by atoms with van der Waals surface area (Å²) >= 11 is 12.1. The first kappa shape index (κ1) is 26.9. The molecule has 0 saturated heterocycles. The van der Waals surface area contributed by atoms with Gasteiger partial charge in [-0.1, -0.05) is 48.3 Å². The Bertz CT molecular complexity index is 1110. The van der Waals surface area contributed by atoms with Crippen LogP contribution in [0.4, 0.5) is 10.1 Å². The second-order valence-electron chi connectivity index (χ2n) is 7.30. The molecule has 7 nitrogen and oxygen atoms in total. The van der Waals surface area contributed by atoms with Crippen molar-refractivity contribution in [1.82, 2.24) is 10.2 Å². The summed E-state index contributed by atoms with van der Waals surface area (Å²) in [6.07, 6.45) is 1.22. The third kappa shape index (κ3) is 7.06. The van der Waals surface area contributed by atoms with Crippen molar-refractivity contribution in [3.8, 4) is 0 Å². The van der Waals surface area contributed by atoms with E-state index in [0.29, 0.717) is 23.6 Å². The Morgan fingerprint density at radius 2 is 1.76 bits per heavy atom. The normalized spacial score (nSPS) is 12.2. The highest BCUT2D eigenvalue weighted by atomic mass is 35.5. The summed E-state index contributed by atoms with van der Waals surface area (Å²) in [7, 11) is -3.94. The fourth-order valence-electron chi connectivity index (χ4n) is 3.28. The predicted octanol–water partition coefficient (Wildman–Crippen LogP) is 3.84. The van der Waals surface area contributed by atoms with Gasteiger partial charge in [-0.2, -0.15) is 0 Å². The van der Waals surface area contributed by atoms with Crippen molar-refractivity contribution in [2.45, 2.75) is 32.9 Å². The summed E-state index contributed by atoms with van der Waals surface area (Å²) in [6.45, 7) is 3.26. The molecule has 2 aromatic carbocycles. The number of nitrogens with zero attached hydrogens (tertiary/aromatic N) is 2. The van der Waals surface area contributed by atoms with Gasteiger partial charge in [-0.25, -0.2) is 12.8 Å². The monoisotopic (exact) mass is 517 g/mol. The lowest BCUT2D eigenvalue weighted by Gasteiger charge is -2.33. The Labute approximate surface area is 203 Å². The van der Waals surface area contributed by atoms with Gasteiger partial charge in [0.05, 0.1) is 17.0 Å². The first-order valence-corrected chi connectivity index (χ1v) is 12.8. The van der Waals surface area contributed by atoms with Crippen LogP contribution in [0.1, 0.15) is 25.8 Å². The number of carbonyl (C=O) groups is 2. The van der Waals surface area contributed by atoms with Crippen LogP contribution in [0, 0.1) is 5.82 Å². The molecule has 0 bridgehead atoms. The van der Waals surface area contributed by atoms with Crippen LogP contribution in [-0.2, 0) is 26.2 Å². The lowest BCUT2D eigenvalue weighted by molar-refractivity contribution is -0.140. The van der Waals surface area contributed by atoms with E-state index < -0.39 is 34.3 Å². The van der Waals surface area contributed by atoms with Crippen LogP contribution < -0.4 is 9.62 Å². The zero-order valence-electron chi connectivity index (χ0n) is 18.5. The summed E-state index contributed by atoms with van der Waals surface area (Å²) < 4.78 is 39.4. The summed E-state index contributed by atoms with van der Waals surface area (Å²) in [4.78, 5) is 27.4. The smallest absolute Gasteiger partial charge is 0.244 e. The number of halogens is 3. The first-order chi connectivity index (χ1) is 15.5. The maximum absolute atomic E-state index is 13.6. The average Bonchev–Trinajstić information content (AvgIpc) is 2.74. The highest BCUT2D eigenvalue weighted by Crippen LogP contribution is 2.25. The van der Waals surface area contributed by atoms with Gasteiger partial charge in [-0.05, 0) is 43.2 Å². The molecule has 0 aliphatic rings. The maximum Gasteiger partial charge on any atom is 0.244 e. The van der Waals surface area contributed by atoms with Gasteiger partial charge in [-0.15, -0.1) is 0 Å². The number of sulfonamides is 1. The van der Waals surface area contributed by atoms with Gasteiger partial charge in [0, 0.05) is 18.1 Å². The summed E-state index contributed by atoms with van der Waals surface area (Å²) in [6, 6.07) is 9.39. The Kier molecular flexibility index (Phi) is 9.51. The first-order valence-electron chi connectivity index (χ1n) is 10.2. The second-order valence-corrected chi connectivity index (χ2v) is 10.0. The van der Waals surface area contributed by atoms with Crippen LogP contribution in [0.25, 0.3) is 0 Å².